The van der Waals surface area contributed by atoms with Crippen molar-refractivity contribution in [2.75, 3.05) is 21.3 Å². The topological polar surface area (TPSA) is 82.8 Å². The number of carbonyl (C=O) groups is 1. The number of benzene rings is 2. The van der Waals surface area contributed by atoms with Crippen LogP contribution >= 0.6 is 0 Å². The van der Waals surface area contributed by atoms with E-state index in [0.29, 0.717) is 23.8 Å². The molecule has 2 aromatic heterocycles. The second kappa shape index (κ2) is 10.3. The Bertz CT molecular complexity index is 1390. The van der Waals surface area contributed by atoms with Gasteiger partial charge >= 0.3 is 0 Å². The summed E-state index contributed by atoms with van der Waals surface area (Å²) in [5.74, 6) is 1.76. The van der Waals surface area contributed by atoms with E-state index in [4.69, 9.17) is 18.6 Å². The Morgan fingerprint density at radius 2 is 1.77 bits per heavy atom. The molecule has 0 spiro atoms. The molecule has 1 amide bonds. The van der Waals surface area contributed by atoms with Crippen molar-refractivity contribution in [2.45, 2.75) is 20.4 Å². The smallest absolute Gasteiger partial charge is 0.244 e. The first-order chi connectivity index (χ1) is 17.0. The number of hydrogen-bond acceptors (Lipinski definition) is 6. The minimum Gasteiger partial charge on any atom is -0.496 e. The van der Waals surface area contributed by atoms with Crippen molar-refractivity contribution in [3.8, 4) is 28.4 Å². The van der Waals surface area contributed by atoms with Gasteiger partial charge in [-0.1, -0.05) is 6.07 Å². The summed E-state index contributed by atoms with van der Waals surface area (Å²) in [4.78, 5) is 16.6. The average molecular weight is 473 g/mol. The van der Waals surface area contributed by atoms with Gasteiger partial charge in [-0.2, -0.15) is 0 Å². The zero-order valence-electron chi connectivity index (χ0n) is 20.5. The van der Waals surface area contributed by atoms with Crippen LogP contribution in [0.3, 0.4) is 0 Å². The summed E-state index contributed by atoms with van der Waals surface area (Å²) in [6, 6.07) is 11.5. The van der Waals surface area contributed by atoms with Crippen LogP contribution in [-0.2, 0) is 11.3 Å². The summed E-state index contributed by atoms with van der Waals surface area (Å²) in [6.45, 7) is 4.26. The number of furan rings is 1. The first kappa shape index (κ1) is 23.9. The molecule has 0 unspecified atom stereocenters. The standard InChI is InChI=1S/C28H28N2O5/c1-17(12-26(31)30-15-19-8-10-29-11-9-19)21-14-22-23(16-35-28(22)18(2)27(21)34-5)20-6-7-24(32-3)25(13-20)33-4/h6-14,16H,15H2,1-5H3,(H,30,31)/b17-12+. The lowest BCUT2D eigenvalue weighted by Crippen LogP contribution is -2.20. The molecule has 0 atom stereocenters. The summed E-state index contributed by atoms with van der Waals surface area (Å²) in [5.41, 5.74) is 5.99. The van der Waals surface area contributed by atoms with Crippen molar-refractivity contribution in [3.05, 3.63) is 77.8 Å². The molecule has 2 heterocycles. The highest BCUT2D eigenvalue weighted by atomic mass is 16.5. The van der Waals surface area contributed by atoms with Crippen LogP contribution in [-0.4, -0.2) is 32.2 Å². The molecule has 0 aliphatic rings. The fraction of sp³-hybridized carbons (Fsp3) is 0.214. The molecule has 1 N–H and O–H groups in total. The van der Waals surface area contributed by atoms with E-state index in [2.05, 4.69) is 10.3 Å². The van der Waals surface area contributed by atoms with Crippen LogP contribution in [0.5, 0.6) is 17.2 Å². The maximum Gasteiger partial charge on any atom is 0.244 e. The van der Waals surface area contributed by atoms with Crippen LogP contribution in [0, 0.1) is 6.92 Å². The molecule has 4 rings (SSSR count). The first-order valence-electron chi connectivity index (χ1n) is 11.1. The van der Waals surface area contributed by atoms with E-state index in [9.17, 15) is 4.79 Å². The summed E-state index contributed by atoms with van der Waals surface area (Å²) in [6.07, 6.45) is 6.71. The van der Waals surface area contributed by atoms with Crippen LogP contribution in [0.15, 0.2) is 65.5 Å². The lowest BCUT2D eigenvalue weighted by Gasteiger charge is -2.14. The van der Waals surface area contributed by atoms with Gasteiger partial charge in [0.25, 0.3) is 0 Å². The fourth-order valence-electron chi connectivity index (χ4n) is 4.11. The number of nitrogens with one attached hydrogen (secondary N) is 1. The Kier molecular flexibility index (Phi) is 7.06. The maximum atomic E-state index is 12.6. The first-order valence-corrected chi connectivity index (χ1v) is 11.1. The minimum atomic E-state index is -0.188. The van der Waals surface area contributed by atoms with Gasteiger partial charge in [0.2, 0.25) is 5.91 Å². The van der Waals surface area contributed by atoms with Crippen LogP contribution in [0.4, 0.5) is 0 Å². The molecule has 2 aromatic carbocycles. The predicted molar refractivity (Wildman–Crippen MR) is 136 cm³/mol. The van der Waals surface area contributed by atoms with Crippen molar-refractivity contribution < 1.29 is 23.4 Å². The van der Waals surface area contributed by atoms with Gasteiger partial charge in [-0.3, -0.25) is 9.78 Å². The highest BCUT2D eigenvalue weighted by molar-refractivity contribution is 6.01. The van der Waals surface area contributed by atoms with Gasteiger partial charge in [0.15, 0.2) is 11.5 Å². The Morgan fingerprint density at radius 3 is 2.46 bits per heavy atom. The molecule has 0 bridgehead atoms. The van der Waals surface area contributed by atoms with E-state index in [0.717, 1.165) is 44.4 Å². The third kappa shape index (κ3) is 4.84. The molecule has 7 nitrogen and oxygen atoms in total. The zero-order valence-corrected chi connectivity index (χ0v) is 20.5. The maximum absolute atomic E-state index is 12.6. The van der Waals surface area contributed by atoms with Gasteiger partial charge in [-0.15, -0.1) is 0 Å². The Labute approximate surface area is 204 Å². The number of nitrogens with zero attached hydrogens (tertiary/aromatic N) is 1. The van der Waals surface area contributed by atoms with E-state index >= 15 is 0 Å². The molecule has 0 saturated carbocycles. The SMILES string of the molecule is COc1ccc(-c2coc3c(C)c(OC)c(/C(C)=C/C(=O)NCc4ccncc4)cc23)cc1OC. The summed E-state index contributed by atoms with van der Waals surface area (Å²) in [7, 11) is 4.83. The Morgan fingerprint density at radius 1 is 1.03 bits per heavy atom. The zero-order chi connectivity index (χ0) is 24.9. The van der Waals surface area contributed by atoms with Crippen LogP contribution in [0.1, 0.15) is 23.6 Å². The second-order valence-electron chi connectivity index (χ2n) is 8.08. The monoisotopic (exact) mass is 472 g/mol. The number of rotatable bonds is 8. The number of allylic oxidation sites excluding steroid dienone is 1. The van der Waals surface area contributed by atoms with Crippen molar-refractivity contribution in [1.82, 2.24) is 10.3 Å². The van der Waals surface area contributed by atoms with Gasteiger partial charge < -0.3 is 23.9 Å². The molecular weight excluding hydrogens is 444 g/mol. The largest absolute Gasteiger partial charge is 0.496 e. The number of pyridine rings is 1. The van der Waals surface area contributed by atoms with Gasteiger partial charge in [0.05, 0.1) is 27.6 Å². The normalized spacial score (nSPS) is 11.4. The molecule has 0 aliphatic heterocycles. The van der Waals surface area contributed by atoms with Gasteiger partial charge in [-0.05, 0) is 60.9 Å². The molecule has 7 heteroatoms. The number of aryl methyl sites for hydroxylation is 1. The summed E-state index contributed by atoms with van der Waals surface area (Å²) >= 11 is 0. The number of methoxy groups -OCH3 is 3. The predicted octanol–water partition coefficient (Wildman–Crippen LogP) is 5.55. The summed E-state index contributed by atoms with van der Waals surface area (Å²) < 4.78 is 22.5. The van der Waals surface area contributed by atoms with Crippen LogP contribution in [0.2, 0.25) is 0 Å². The minimum absolute atomic E-state index is 0.188. The fourth-order valence-corrected chi connectivity index (χ4v) is 4.11. The Hall–Kier alpha value is -4.26. The van der Waals surface area contributed by atoms with Crippen molar-refractivity contribution >= 4 is 22.4 Å². The third-order valence-corrected chi connectivity index (χ3v) is 5.93. The number of amides is 1. The van der Waals surface area contributed by atoms with E-state index < -0.39 is 0 Å². The van der Waals surface area contributed by atoms with Gasteiger partial charge in [0, 0.05) is 47.1 Å². The summed E-state index contributed by atoms with van der Waals surface area (Å²) in [5, 5.41) is 3.83. The highest BCUT2D eigenvalue weighted by Crippen LogP contribution is 2.42. The Balaban J connectivity index is 1.72. The molecule has 0 aliphatic carbocycles. The average Bonchev–Trinajstić information content (AvgIpc) is 3.32. The van der Waals surface area contributed by atoms with Crippen molar-refractivity contribution in [1.29, 1.82) is 0 Å². The lowest BCUT2D eigenvalue weighted by atomic mass is 9.96. The van der Waals surface area contributed by atoms with Gasteiger partial charge in [0.1, 0.15) is 11.3 Å². The van der Waals surface area contributed by atoms with Crippen LogP contribution in [0.25, 0.3) is 27.7 Å². The van der Waals surface area contributed by atoms with E-state index in [-0.39, 0.29) is 5.91 Å². The number of ether oxygens (including phenoxy) is 3. The quantitative estimate of drug-likeness (QED) is 0.339. The van der Waals surface area contributed by atoms with Crippen molar-refractivity contribution in [3.63, 3.8) is 0 Å². The molecule has 4 aromatic rings. The van der Waals surface area contributed by atoms with E-state index in [1.165, 1.54) is 0 Å². The highest BCUT2D eigenvalue weighted by Gasteiger charge is 2.19. The molecule has 0 fully saturated rings. The second-order valence-corrected chi connectivity index (χ2v) is 8.08. The molecule has 35 heavy (non-hydrogen) atoms. The molecule has 180 valence electrons. The third-order valence-electron chi connectivity index (χ3n) is 5.93. The number of fused-ring (bicyclic) bond motifs is 1. The molecular formula is C28H28N2O5. The number of carbonyl (C=O) groups excluding carboxylic acids is 1. The molecule has 0 radical (unpaired) electrons. The van der Waals surface area contributed by atoms with E-state index in [1.54, 1.807) is 46.1 Å². The van der Waals surface area contributed by atoms with E-state index in [1.807, 2.05) is 50.2 Å². The van der Waals surface area contributed by atoms with Gasteiger partial charge in [-0.25, -0.2) is 0 Å². The molecule has 0 saturated heterocycles. The lowest BCUT2D eigenvalue weighted by molar-refractivity contribution is -0.116. The van der Waals surface area contributed by atoms with Crippen LogP contribution < -0.4 is 19.5 Å². The van der Waals surface area contributed by atoms with Crippen molar-refractivity contribution in [2.24, 2.45) is 0 Å². The number of aromatic nitrogens is 1. The number of hydrogen-bond donors (Lipinski definition) is 1.